The van der Waals surface area contributed by atoms with Gasteiger partial charge in [-0.1, -0.05) is 6.92 Å². The van der Waals surface area contributed by atoms with E-state index in [0.717, 1.165) is 19.5 Å². The van der Waals surface area contributed by atoms with Crippen LogP contribution in [0.3, 0.4) is 0 Å². The molecule has 0 heterocycles. The predicted octanol–water partition coefficient (Wildman–Crippen LogP) is 0.464. The van der Waals surface area contributed by atoms with Crippen LogP contribution in [0, 0.1) is 0 Å². The molecule has 0 aromatic rings. The SMILES string of the molecule is CCCC(=O)NCCN(C)C. The van der Waals surface area contributed by atoms with Crippen LogP contribution in [0.4, 0.5) is 0 Å². The highest BCUT2D eigenvalue weighted by molar-refractivity contribution is 5.75. The van der Waals surface area contributed by atoms with Crippen LogP contribution in [0.2, 0.25) is 0 Å². The number of nitrogens with one attached hydrogen (secondary N) is 1. The van der Waals surface area contributed by atoms with Gasteiger partial charge in [0.15, 0.2) is 0 Å². The Labute approximate surface area is 68.8 Å². The van der Waals surface area contributed by atoms with Gasteiger partial charge in [0.05, 0.1) is 0 Å². The molecule has 0 atom stereocenters. The standard InChI is InChI=1S/C8H18N2O/c1-4-5-8(11)9-6-7-10(2)3/h4-7H2,1-3H3,(H,9,11). The molecule has 0 bridgehead atoms. The Balaban J connectivity index is 3.17. The third-order valence-corrected chi connectivity index (χ3v) is 1.36. The van der Waals surface area contributed by atoms with Gasteiger partial charge in [-0.3, -0.25) is 4.79 Å². The Kier molecular flexibility index (Phi) is 5.84. The minimum absolute atomic E-state index is 0.161. The highest BCUT2D eigenvalue weighted by Gasteiger charge is 1.97. The topological polar surface area (TPSA) is 32.3 Å². The molecule has 0 spiro atoms. The maximum absolute atomic E-state index is 10.9. The molecule has 0 saturated carbocycles. The summed E-state index contributed by atoms with van der Waals surface area (Å²) in [6.07, 6.45) is 1.57. The molecular weight excluding hydrogens is 140 g/mol. The van der Waals surface area contributed by atoms with E-state index in [0.29, 0.717) is 6.42 Å². The molecule has 66 valence electrons. The van der Waals surface area contributed by atoms with Gasteiger partial charge in [0, 0.05) is 19.5 Å². The number of carbonyl (C=O) groups is 1. The summed E-state index contributed by atoms with van der Waals surface area (Å²) in [6.45, 7) is 3.67. The van der Waals surface area contributed by atoms with Crippen LogP contribution in [0.5, 0.6) is 0 Å². The fourth-order valence-corrected chi connectivity index (χ4v) is 0.734. The van der Waals surface area contributed by atoms with Crippen LogP contribution in [0.1, 0.15) is 19.8 Å². The lowest BCUT2D eigenvalue weighted by Gasteiger charge is -2.09. The number of amides is 1. The lowest BCUT2D eigenvalue weighted by Crippen LogP contribution is -2.30. The fourth-order valence-electron chi connectivity index (χ4n) is 0.734. The average Bonchev–Trinajstić information content (AvgIpc) is 1.87. The molecule has 1 amide bonds. The molecule has 0 aromatic heterocycles. The van der Waals surface area contributed by atoms with Crippen LogP contribution in [-0.4, -0.2) is 38.0 Å². The van der Waals surface area contributed by atoms with E-state index in [1.807, 2.05) is 25.9 Å². The largest absolute Gasteiger partial charge is 0.355 e. The van der Waals surface area contributed by atoms with Gasteiger partial charge in [-0.05, 0) is 20.5 Å². The van der Waals surface area contributed by atoms with Crippen LogP contribution < -0.4 is 5.32 Å². The number of nitrogens with zero attached hydrogens (tertiary/aromatic N) is 1. The van der Waals surface area contributed by atoms with Crippen molar-refractivity contribution >= 4 is 5.91 Å². The Morgan fingerprint density at radius 2 is 2.09 bits per heavy atom. The summed E-state index contributed by atoms with van der Waals surface area (Å²) in [4.78, 5) is 12.9. The van der Waals surface area contributed by atoms with Crippen molar-refractivity contribution in [2.24, 2.45) is 0 Å². The van der Waals surface area contributed by atoms with E-state index in [9.17, 15) is 4.79 Å². The van der Waals surface area contributed by atoms with Crippen molar-refractivity contribution in [3.8, 4) is 0 Å². The summed E-state index contributed by atoms with van der Waals surface area (Å²) >= 11 is 0. The molecule has 0 fully saturated rings. The third kappa shape index (κ3) is 7.33. The van der Waals surface area contributed by atoms with Gasteiger partial charge in [-0.25, -0.2) is 0 Å². The van der Waals surface area contributed by atoms with Gasteiger partial charge in [-0.15, -0.1) is 0 Å². The summed E-state index contributed by atoms with van der Waals surface area (Å²) < 4.78 is 0. The molecule has 0 radical (unpaired) electrons. The van der Waals surface area contributed by atoms with Crippen molar-refractivity contribution in [1.82, 2.24) is 10.2 Å². The van der Waals surface area contributed by atoms with E-state index in [2.05, 4.69) is 5.32 Å². The van der Waals surface area contributed by atoms with Crippen molar-refractivity contribution in [3.63, 3.8) is 0 Å². The Morgan fingerprint density at radius 1 is 1.45 bits per heavy atom. The summed E-state index contributed by atoms with van der Waals surface area (Å²) in [5.74, 6) is 0.161. The maximum Gasteiger partial charge on any atom is 0.220 e. The van der Waals surface area contributed by atoms with E-state index >= 15 is 0 Å². The monoisotopic (exact) mass is 158 g/mol. The summed E-state index contributed by atoms with van der Waals surface area (Å²) in [7, 11) is 3.98. The number of carbonyl (C=O) groups excluding carboxylic acids is 1. The Morgan fingerprint density at radius 3 is 2.55 bits per heavy atom. The van der Waals surface area contributed by atoms with E-state index in [1.54, 1.807) is 0 Å². The van der Waals surface area contributed by atoms with Crippen LogP contribution in [0.15, 0.2) is 0 Å². The van der Waals surface area contributed by atoms with Crippen molar-refractivity contribution in [2.45, 2.75) is 19.8 Å². The lowest BCUT2D eigenvalue weighted by atomic mass is 10.3. The lowest BCUT2D eigenvalue weighted by molar-refractivity contribution is -0.121. The molecule has 0 unspecified atom stereocenters. The highest BCUT2D eigenvalue weighted by atomic mass is 16.1. The van der Waals surface area contributed by atoms with Crippen LogP contribution in [-0.2, 0) is 4.79 Å². The molecule has 0 rings (SSSR count). The molecule has 0 aliphatic heterocycles. The van der Waals surface area contributed by atoms with Gasteiger partial charge in [0.25, 0.3) is 0 Å². The van der Waals surface area contributed by atoms with Gasteiger partial charge in [0.2, 0.25) is 5.91 Å². The van der Waals surface area contributed by atoms with Gasteiger partial charge >= 0.3 is 0 Å². The van der Waals surface area contributed by atoms with E-state index in [1.165, 1.54) is 0 Å². The first-order valence-corrected chi connectivity index (χ1v) is 4.08. The molecule has 3 nitrogen and oxygen atoms in total. The molecule has 11 heavy (non-hydrogen) atoms. The Bertz CT molecular complexity index is 113. The minimum Gasteiger partial charge on any atom is -0.355 e. The number of rotatable bonds is 5. The smallest absolute Gasteiger partial charge is 0.220 e. The van der Waals surface area contributed by atoms with Gasteiger partial charge in [0.1, 0.15) is 0 Å². The number of hydrogen-bond donors (Lipinski definition) is 1. The first-order chi connectivity index (χ1) is 5.16. The quantitative estimate of drug-likeness (QED) is 0.630. The molecule has 0 aliphatic carbocycles. The van der Waals surface area contributed by atoms with Crippen LogP contribution >= 0.6 is 0 Å². The summed E-state index contributed by atoms with van der Waals surface area (Å²) in [5, 5.41) is 2.83. The molecule has 0 saturated heterocycles. The normalized spacial score (nSPS) is 10.2. The number of likely N-dealkylation sites (N-methyl/N-ethyl adjacent to an activating group) is 1. The van der Waals surface area contributed by atoms with Crippen molar-refractivity contribution in [3.05, 3.63) is 0 Å². The molecule has 0 aromatic carbocycles. The zero-order chi connectivity index (χ0) is 8.69. The van der Waals surface area contributed by atoms with Crippen molar-refractivity contribution < 1.29 is 4.79 Å². The van der Waals surface area contributed by atoms with E-state index in [-0.39, 0.29) is 5.91 Å². The van der Waals surface area contributed by atoms with Crippen molar-refractivity contribution in [1.29, 1.82) is 0 Å². The molecule has 3 heteroatoms. The summed E-state index contributed by atoms with van der Waals surface area (Å²) in [6, 6.07) is 0. The maximum atomic E-state index is 10.9. The van der Waals surface area contributed by atoms with Crippen LogP contribution in [0.25, 0.3) is 0 Å². The van der Waals surface area contributed by atoms with Crippen molar-refractivity contribution in [2.75, 3.05) is 27.2 Å². The highest BCUT2D eigenvalue weighted by Crippen LogP contribution is 1.84. The van der Waals surface area contributed by atoms with Gasteiger partial charge < -0.3 is 10.2 Å². The number of hydrogen-bond acceptors (Lipinski definition) is 2. The first-order valence-electron chi connectivity index (χ1n) is 4.08. The van der Waals surface area contributed by atoms with E-state index in [4.69, 9.17) is 0 Å². The second kappa shape index (κ2) is 6.16. The predicted molar refractivity (Wildman–Crippen MR) is 46.5 cm³/mol. The minimum atomic E-state index is 0.161. The second-order valence-corrected chi connectivity index (χ2v) is 2.90. The zero-order valence-corrected chi connectivity index (χ0v) is 7.68. The van der Waals surface area contributed by atoms with Gasteiger partial charge in [-0.2, -0.15) is 0 Å². The molecular formula is C8H18N2O. The summed E-state index contributed by atoms with van der Waals surface area (Å²) in [5.41, 5.74) is 0. The third-order valence-electron chi connectivity index (χ3n) is 1.36. The Hall–Kier alpha value is -0.570. The molecule has 1 N–H and O–H groups in total. The fraction of sp³-hybridized carbons (Fsp3) is 0.875. The molecule has 0 aliphatic rings. The average molecular weight is 158 g/mol. The second-order valence-electron chi connectivity index (χ2n) is 2.90. The first kappa shape index (κ1) is 10.4. The van der Waals surface area contributed by atoms with E-state index < -0.39 is 0 Å². The zero-order valence-electron chi connectivity index (χ0n) is 7.68.